The van der Waals surface area contributed by atoms with E-state index in [0.717, 1.165) is 6.07 Å². The van der Waals surface area contributed by atoms with Crippen LogP contribution in [0.5, 0.6) is 0 Å². The van der Waals surface area contributed by atoms with Crippen LogP contribution < -0.4 is 5.32 Å². The van der Waals surface area contributed by atoms with E-state index < -0.39 is 14.9 Å². The first-order chi connectivity index (χ1) is 9.62. The van der Waals surface area contributed by atoms with Gasteiger partial charge in [-0.1, -0.05) is 0 Å². The fourth-order valence-corrected chi connectivity index (χ4v) is 3.46. The van der Waals surface area contributed by atoms with E-state index in [1.807, 2.05) is 6.92 Å². The Bertz CT molecular complexity index is 641. The summed E-state index contributed by atoms with van der Waals surface area (Å²) in [6.45, 7) is 7.45. The summed E-state index contributed by atoms with van der Waals surface area (Å²) in [5, 5.41) is 14.0. The molecule has 1 N–H and O–H groups in total. The van der Waals surface area contributed by atoms with Gasteiger partial charge in [0.05, 0.1) is 9.82 Å². The van der Waals surface area contributed by atoms with Crippen molar-refractivity contribution in [2.24, 2.45) is 0 Å². The van der Waals surface area contributed by atoms with Crippen molar-refractivity contribution >= 4 is 21.4 Å². The molecule has 1 aromatic rings. The van der Waals surface area contributed by atoms with Crippen LogP contribution in [0.25, 0.3) is 0 Å². The zero-order valence-electron chi connectivity index (χ0n) is 12.9. The molecule has 0 atom stereocenters. The molecular formula is C13H21N3O4S. The lowest BCUT2D eigenvalue weighted by molar-refractivity contribution is -0.384. The number of sulfonamides is 1. The minimum Gasteiger partial charge on any atom is -0.380 e. The average Bonchev–Trinajstić information content (AvgIpc) is 2.37. The number of rotatable bonds is 6. The van der Waals surface area contributed by atoms with Gasteiger partial charge in [-0.3, -0.25) is 10.1 Å². The highest BCUT2D eigenvalue weighted by molar-refractivity contribution is 7.89. The Morgan fingerprint density at radius 3 is 2.38 bits per heavy atom. The molecule has 0 unspecified atom stereocenters. The van der Waals surface area contributed by atoms with Gasteiger partial charge in [-0.05, 0) is 39.3 Å². The van der Waals surface area contributed by atoms with E-state index in [0.29, 0.717) is 17.8 Å². The van der Waals surface area contributed by atoms with Crippen molar-refractivity contribution < 1.29 is 13.3 Å². The number of nitro groups is 1. The van der Waals surface area contributed by atoms with Crippen LogP contribution in [-0.2, 0) is 10.0 Å². The fourth-order valence-electron chi connectivity index (χ4n) is 1.87. The molecule has 0 bridgehead atoms. The number of nitro benzene ring substituents is 1. The Morgan fingerprint density at radius 1 is 1.38 bits per heavy atom. The van der Waals surface area contributed by atoms with Gasteiger partial charge in [0.15, 0.2) is 0 Å². The predicted molar refractivity (Wildman–Crippen MR) is 82.1 cm³/mol. The lowest BCUT2D eigenvalue weighted by Crippen LogP contribution is -2.33. The van der Waals surface area contributed by atoms with Crippen LogP contribution in [0.2, 0.25) is 0 Å². The number of benzene rings is 1. The molecule has 0 heterocycles. The summed E-state index contributed by atoms with van der Waals surface area (Å²) in [5.41, 5.74) is 0.563. The first kappa shape index (κ1) is 17.4. The maximum Gasteiger partial charge on any atom is 0.293 e. The highest BCUT2D eigenvalue weighted by Crippen LogP contribution is 2.32. The third-order valence-corrected chi connectivity index (χ3v) is 5.42. The molecule has 0 saturated carbocycles. The van der Waals surface area contributed by atoms with Crippen molar-refractivity contribution in [1.29, 1.82) is 0 Å². The van der Waals surface area contributed by atoms with Crippen molar-refractivity contribution in [1.82, 2.24) is 4.31 Å². The second-order valence-electron chi connectivity index (χ2n) is 5.04. The molecule has 1 aromatic carbocycles. The Kier molecular flexibility index (Phi) is 5.30. The van der Waals surface area contributed by atoms with Crippen LogP contribution in [0.15, 0.2) is 17.0 Å². The molecule has 118 valence electrons. The standard InChI is InChI=1S/C13H21N3O4S/c1-6-14-11-7-10(4)13(8-12(11)16(17)18)21(19,20)15(5)9(2)3/h7-9,14H,6H2,1-5H3. The minimum atomic E-state index is -3.76. The van der Waals surface area contributed by atoms with Gasteiger partial charge >= 0.3 is 0 Å². The fraction of sp³-hybridized carbons (Fsp3) is 0.538. The van der Waals surface area contributed by atoms with Crippen molar-refractivity contribution in [3.63, 3.8) is 0 Å². The second-order valence-corrected chi connectivity index (χ2v) is 7.00. The van der Waals surface area contributed by atoms with Crippen molar-refractivity contribution in [2.45, 2.75) is 38.6 Å². The number of nitrogens with one attached hydrogen (secondary N) is 1. The molecule has 0 aliphatic rings. The molecule has 7 nitrogen and oxygen atoms in total. The molecule has 1 rings (SSSR count). The molecule has 0 fully saturated rings. The van der Waals surface area contributed by atoms with Crippen LogP contribution in [0.3, 0.4) is 0 Å². The lowest BCUT2D eigenvalue weighted by atomic mass is 10.2. The zero-order valence-corrected chi connectivity index (χ0v) is 13.7. The number of aryl methyl sites for hydroxylation is 1. The molecule has 0 aliphatic heterocycles. The van der Waals surface area contributed by atoms with E-state index in [9.17, 15) is 18.5 Å². The van der Waals surface area contributed by atoms with Crippen LogP contribution in [-0.4, -0.2) is 37.3 Å². The highest BCUT2D eigenvalue weighted by Gasteiger charge is 2.28. The van der Waals surface area contributed by atoms with Crippen LogP contribution in [0, 0.1) is 17.0 Å². The van der Waals surface area contributed by atoms with Crippen LogP contribution in [0.1, 0.15) is 26.3 Å². The monoisotopic (exact) mass is 315 g/mol. The first-order valence-electron chi connectivity index (χ1n) is 6.63. The summed E-state index contributed by atoms with van der Waals surface area (Å²) in [4.78, 5) is 10.5. The maximum atomic E-state index is 12.5. The largest absolute Gasteiger partial charge is 0.380 e. The van der Waals surface area contributed by atoms with Crippen LogP contribution >= 0.6 is 0 Å². The number of anilines is 1. The normalized spacial score (nSPS) is 12.0. The van der Waals surface area contributed by atoms with E-state index in [1.165, 1.54) is 17.4 Å². The predicted octanol–water partition coefficient (Wildman–Crippen LogP) is 2.36. The van der Waals surface area contributed by atoms with Crippen LogP contribution in [0.4, 0.5) is 11.4 Å². The van der Waals surface area contributed by atoms with Crippen molar-refractivity contribution in [3.8, 4) is 0 Å². The molecular weight excluding hydrogens is 294 g/mol. The van der Waals surface area contributed by atoms with Crippen molar-refractivity contribution in [3.05, 3.63) is 27.8 Å². The molecule has 0 aliphatic carbocycles. The molecule has 0 saturated heterocycles. The zero-order chi connectivity index (χ0) is 16.4. The van der Waals surface area contributed by atoms with Crippen molar-refractivity contribution in [2.75, 3.05) is 18.9 Å². The van der Waals surface area contributed by atoms with Gasteiger partial charge in [-0.15, -0.1) is 0 Å². The van der Waals surface area contributed by atoms with Gasteiger partial charge < -0.3 is 5.32 Å². The second kappa shape index (κ2) is 6.40. The smallest absolute Gasteiger partial charge is 0.293 e. The van der Waals surface area contributed by atoms with Gasteiger partial charge in [0, 0.05) is 25.7 Å². The highest BCUT2D eigenvalue weighted by atomic mass is 32.2. The Labute approximate surface area is 125 Å². The summed E-state index contributed by atoms with van der Waals surface area (Å²) >= 11 is 0. The summed E-state index contributed by atoms with van der Waals surface area (Å²) in [5.74, 6) is 0. The number of nitrogens with zero attached hydrogens (tertiary/aromatic N) is 2. The minimum absolute atomic E-state index is 0.0351. The van der Waals surface area contributed by atoms with Gasteiger partial charge in [0.25, 0.3) is 5.69 Å². The molecule has 0 spiro atoms. The summed E-state index contributed by atoms with van der Waals surface area (Å²) in [6.07, 6.45) is 0. The Hall–Kier alpha value is -1.67. The molecule has 8 heteroatoms. The topological polar surface area (TPSA) is 92.6 Å². The van der Waals surface area contributed by atoms with E-state index in [2.05, 4.69) is 5.32 Å². The van der Waals surface area contributed by atoms with E-state index in [-0.39, 0.29) is 16.6 Å². The van der Waals surface area contributed by atoms with E-state index >= 15 is 0 Å². The number of hydrogen-bond donors (Lipinski definition) is 1. The summed E-state index contributed by atoms with van der Waals surface area (Å²) in [6, 6.07) is 2.39. The maximum absolute atomic E-state index is 12.5. The molecule has 21 heavy (non-hydrogen) atoms. The number of hydrogen-bond acceptors (Lipinski definition) is 5. The first-order valence-corrected chi connectivity index (χ1v) is 8.07. The lowest BCUT2D eigenvalue weighted by Gasteiger charge is -2.22. The van der Waals surface area contributed by atoms with Gasteiger partial charge in [-0.2, -0.15) is 4.31 Å². The Balaban J connectivity index is 3.52. The Morgan fingerprint density at radius 2 is 1.95 bits per heavy atom. The van der Waals surface area contributed by atoms with Gasteiger partial charge in [0.1, 0.15) is 5.69 Å². The SMILES string of the molecule is CCNc1cc(C)c(S(=O)(=O)N(C)C(C)C)cc1[N+](=O)[O-]. The molecule has 0 aromatic heterocycles. The molecule has 0 radical (unpaired) electrons. The third kappa shape index (κ3) is 3.51. The molecule has 0 amide bonds. The quantitative estimate of drug-likeness (QED) is 0.642. The third-order valence-electron chi connectivity index (χ3n) is 3.24. The average molecular weight is 315 g/mol. The van der Waals surface area contributed by atoms with E-state index in [1.54, 1.807) is 20.8 Å². The van der Waals surface area contributed by atoms with Gasteiger partial charge in [-0.25, -0.2) is 8.42 Å². The summed E-state index contributed by atoms with van der Waals surface area (Å²) < 4.78 is 26.2. The summed E-state index contributed by atoms with van der Waals surface area (Å²) in [7, 11) is -2.29. The van der Waals surface area contributed by atoms with E-state index in [4.69, 9.17) is 0 Å². The van der Waals surface area contributed by atoms with Gasteiger partial charge in [0.2, 0.25) is 10.0 Å².